The maximum Gasteiger partial charge on any atom is 0.104 e. The Morgan fingerprint density at radius 3 is 2.16 bits per heavy atom. The van der Waals surface area contributed by atoms with Crippen molar-refractivity contribution in [3.8, 4) is 0 Å². The number of hydrogen-bond donors (Lipinski definition) is 0. The van der Waals surface area contributed by atoms with Crippen LogP contribution in [0.25, 0.3) is 0 Å². The predicted octanol–water partition coefficient (Wildman–Crippen LogP) is 3.39. The minimum Gasteiger partial charge on any atom is -0.325 e. The molecule has 1 aromatic carbocycles. The van der Waals surface area contributed by atoms with Gasteiger partial charge in [-0.1, -0.05) is 36.8 Å². The van der Waals surface area contributed by atoms with E-state index in [1.54, 1.807) is 0 Å². The molecule has 1 rings (SSSR count). The zero-order valence-corrected chi connectivity index (χ0v) is 13.2. The maximum absolute atomic E-state index is 2.34. The lowest BCUT2D eigenvalue weighted by atomic mass is 10.1. The van der Waals surface area contributed by atoms with Crippen LogP contribution in [0.15, 0.2) is 30.3 Å². The van der Waals surface area contributed by atoms with Crippen LogP contribution < -0.4 is 0 Å². The minimum atomic E-state index is 1.09. The van der Waals surface area contributed by atoms with Crippen molar-refractivity contribution in [3.05, 3.63) is 35.9 Å². The summed E-state index contributed by atoms with van der Waals surface area (Å²) >= 11 is 0. The summed E-state index contributed by atoms with van der Waals surface area (Å²) in [5.74, 6) is 0. The molecule has 0 aliphatic carbocycles. The molecule has 0 N–H and O–H groups in total. The molecule has 0 saturated heterocycles. The molecule has 0 amide bonds. The highest BCUT2D eigenvalue weighted by Gasteiger charge is 2.14. The molecule has 0 heterocycles. The topological polar surface area (TPSA) is 3.24 Å². The first-order valence-corrected chi connectivity index (χ1v) is 7.50. The summed E-state index contributed by atoms with van der Waals surface area (Å²) in [6.45, 7) is 3.64. The molecule has 0 radical (unpaired) electrons. The lowest BCUT2D eigenvalue weighted by molar-refractivity contribution is -0.903. The number of benzene rings is 1. The molecule has 0 bridgehead atoms. The summed E-state index contributed by atoms with van der Waals surface area (Å²) < 4.78 is 1.09. The van der Waals surface area contributed by atoms with Gasteiger partial charge in [-0.25, -0.2) is 0 Å². The minimum absolute atomic E-state index is 1.09. The van der Waals surface area contributed by atoms with Crippen LogP contribution in [0.3, 0.4) is 0 Å². The van der Waals surface area contributed by atoms with Crippen molar-refractivity contribution >= 4 is 0 Å². The fourth-order valence-electron chi connectivity index (χ4n) is 2.48. The molecule has 108 valence electrons. The van der Waals surface area contributed by atoms with Crippen LogP contribution in [0.4, 0.5) is 0 Å². The van der Waals surface area contributed by atoms with E-state index in [0.717, 1.165) is 11.0 Å². The molecule has 0 unspecified atom stereocenters. The molecule has 0 aliphatic heterocycles. The largest absolute Gasteiger partial charge is 0.325 e. The van der Waals surface area contributed by atoms with E-state index in [9.17, 15) is 0 Å². The highest BCUT2D eigenvalue weighted by Crippen LogP contribution is 2.11. The normalized spacial score (nSPS) is 12.1. The van der Waals surface area contributed by atoms with Crippen molar-refractivity contribution in [2.45, 2.75) is 32.2 Å². The zero-order chi connectivity index (χ0) is 14.1. The highest BCUT2D eigenvalue weighted by molar-refractivity contribution is 5.13. The number of nitrogens with zero attached hydrogens (tertiary/aromatic N) is 2. The van der Waals surface area contributed by atoms with Gasteiger partial charge in [0.05, 0.1) is 20.6 Å². The smallest absolute Gasteiger partial charge is 0.104 e. The van der Waals surface area contributed by atoms with Crippen molar-refractivity contribution < 1.29 is 4.48 Å². The van der Waals surface area contributed by atoms with Gasteiger partial charge in [-0.3, -0.25) is 0 Å². The Balaban J connectivity index is 2.16. The molecule has 0 saturated carbocycles. The summed E-state index contributed by atoms with van der Waals surface area (Å²) in [5.41, 5.74) is 1.44. The van der Waals surface area contributed by atoms with E-state index in [2.05, 4.69) is 63.4 Å². The van der Waals surface area contributed by atoms with Gasteiger partial charge in [0.2, 0.25) is 0 Å². The monoisotopic (exact) mass is 263 g/mol. The van der Waals surface area contributed by atoms with Crippen molar-refractivity contribution in [1.29, 1.82) is 0 Å². The number of unbranched alkanes of at least 4 members (excludes halogenated alkanes) is 3. The molecule has 0 spiro atoms. The van der Waals surface area contributed by atoms with Gasteiger partial charge in [0.1, 0.15) is 6.54 Å². The molecule has 1 aromatic rings. The quantitative estimate of drug-likeness (QED) is 0.488. The zero-order valence-electron chi connectivity index (χ0n) is 13.2. The van der Waals surface area contributed by atoms with Crippen LogP contribution in [0.1, 0.15) is 31.2 Å². The Bertz CT molecular complexity index is 330. The van der Waals surface area contributed by atoms with Crippen LogP contribution in [0, 0.1) is 0 Å². The van der Waals surface area contributed by atoms with Gasteiger partial charge in [0, 0.05) is 5.56 Å². The number of hydrogen-bond acceptors (Lipinski definition) is 1. The average molecular weight is 263 g/mol. The third kappa shape index (κ3) is 8.02. The fraction of sp³-hybridized carbons (Fsp3) is 0.647. The molecule has 0 atom stereocenters. The van der Waals surface area contributed by atoms with E-state index in [1.165, 1.54) is 44.3 Å². The van der Waals surface area contributed by atoms with Crippen LogP contribution in [-0.2, 0) is 6.54 Å². The summed E-state index contributed by atoms with van der Waals surface area (Å²) in [6.07, 6.45) is 5.40. The predicted molar refractivity (Wildman–Crippen MR) is 84.1 cm³/mol. The molecule has 0 aliphatic rings. The Hall–Kier alpha value is -0.860. The third-order valence-corrected chi connectivity index (χ3v) is 3.57. The molecule has 19 heavy (non-hydrogen) atoms. The molecular formula is C17H31N2+. The first-order valence-electron chi connectivity index (χ1n) is 7.50. The summed E-state index contributed by atoms with van der Waals surface area (Å²) in [6, 6.07) is 10.8. The van der Waals surface area contributed by atoms with Gasteiger partial charge < -0.3 is 9.38 Å². The molecular weight excluding hydrogens is 232 g/mol. The standard InChI is InChI=1S/C17H31N2/c1-18(2)14-10-5-6-11-15-19(3,4)16-17-12-8-7-9-13-17/h7-9,12-13H,5-6,10-11,14-16H2,1-4H3/q+1. The molecule has 2 heteroatoms. The number of rotatable bonds is 9. The van der Waals surface area contributed by atoms with Crippen molar-refractivity contribution in [3.63, 3.8) is 0 Å². The van der Waals surface area contributed by atoms with Gasteiger partial charge in [0.25, 0.3) is 0 Å². The Kier molecular flexibility index (Phi) is 7.11. The first-order chi connectivity index (χ1) is 8.99. The third-order valence-electron chi connectivity index (χ3n) is 3.57. The van der Waals surface area contributed by atoms with Crippen molar-refractivity contribution in [1.82, 2.24) is 4.90 Å². The van der Waals surface area contributed by atoms with Gasteiger partial charge >= 0.3 is 0 Å². The van der Waals surface area contributed by atoms with Gasteiger partial charge in [0.15, 0.2) is 0 Å². The van der Waals surface area contributed by atoms with Crippen LogP contribution in [0.2, 0.25) is 0 Å². The fourth-order valence-corrected chi connectivity index (χ4v) is 2.48. The number of quaternary nitrogens is 1. The second-order valence-electron chi connectivity index (χ2n) is 6.52. The maximum atomic E-state index is 2.34. The second kappa shape index (κ2) is 8.34. The first kappa shape index (κ1) is 16.2. The van der Waals surface area contributed by atoms with Crippen molar-refractivity contribution in [2.75, 3.05) is 41.3 Å². The summed E-state index contributed by atoms with van der Waals surface area (Å²) in [7, 11) is 8.99. The van der Waals surface area contributed by atoms with E-state index < -0.39 is 0 Å². The highest BCUT2D eigenvalue weighted by atomic mass is 15.3. The van der Waals surface area contributed by atoms with E-state index >= 15 is 0 Å². The van der Waals surface area contributed by atoms with Crippen LogP contribution in [0.5, 0.6) is 0 Å². The van der Waals surface area contributed by atoms with Crippen molar-refractivity contribution in [2.24, 2.45) is 0 Å². The van der Waals surface area contributed by atoms with E-state index in [4.69, 9.17) is 0 Å². The van der Waals surface area contributed by atoms with E-state index in [-0.39, 0.29) is 0 Å². The lowest BCUT2D eigenvalue weighted by Crippen LogP contribution is -2.39. The Morgan fingerprint density at radius 1 is 0.895 bits per heavy atom. The van der Waals surface area contributed by atoms with Gasteiger partial charge in [-0.15, -0.1) is 0 Å². The van der Waals surface area contributed by atoms with Gasteiger partial charge in [-0.05, 0) is 39.9 Å². The molecule has 2 nitrogen and oxygen atoms in total. The Labute approximate surface area is 119 Å². The van der Waals surface area contributed by atoms with Crippen LogP contribution >= 0.6 is 0 Å². The van der Waals surface area contributed by atoms with E-state index in [1.807, 2.05) is 0 Å². The SMILES string of the molecule is CN(C)CCCCCC[N+](C)(C)Cc1ccccc1. The molecule has 0 aromatic heterocycles. The second-order valence-corrected chi connectivity index (χ2v) is 6.52. The van der Waals surface area contributed by atoms with Gasteiger partial charge in [-0.2, -0.15) is 0 Å². The Morgan fingerprint density at radius 2 is 1.53 bits per heavy atom. The van der Waals surface area contributed by atoms with E-state index in [0.29, 0.717) is 0 Å². The summed E-state index contributed by atoms with van der Waals surface area (Å²) in [5, 5.41) is 0. The lowest BCUT2D eigenvalue weighted by Gasteiger charge is -2.30. The average Bonchev–Trinajstić information content (AvgIpc) is 2.34. The molecule has 0 fully saturated rings. The summed E-state index contributed by atoms with van der Waals surface area (Å²) in [4.78, 5) is 2.27. The van der Waals surface area contributed by atoms with Crippen LogP contribution in [-0.4, -0.2) is 50.7 Å².